The van der Waals surface area contributed by atoms with Crippen LogP contribution in [-0.4, -0.2) is 87.5 Å². The highest BCUT2D eigenvalue weighted by molar-refractivity contribution is 5.76. The first kappa shape index (κ1) is 56.6. The Kier molecular flexibility index (Phi) is 38.7. The van der Waals surface area contributed by atoms with Crippen LogP contribution in [0.5, 0.6) is 0 Å². The number of carbonyl (C=O) groups excluding carboxylic acids is 1. The van der Waals surface area contributed by atoms with E-state index in [4.69, 9.17) is 9.47 Å². The number of aliphatic hydroxyl groups is 5. The summed E-state index contributed by atoms with van der Waals surface area (Å²) in [6.45, 7) is 3.68. The SMILES string of the molecule is CC/C=C\C/C=C\C/C=C\C/C=C\C/C=C\C/C=C\CCC(=O)NC(COC1OC(CO)C(O)C(O)C1O)C(O)CCCCCCCCCCCCCCCCCCCCC. The molecular weight excluding hydrogens is 767 g/mol. The molecular formula is C52H91NO8. The number of unbranched alkanes of at least 4 members (excludes halogenated alkanes) is 18. The van der Waals surface area contributed by atoms with Crippen LogP contribution in [-0.2, 0) is 14.3 Å². The van der Waals surface area contributed by atoms with Gasteiger partial charge in [0.15, 0.2) is 6.29 Å². The van der Waals surface area contributed by atoms with E-state index in [2.05, 4.69) is 79.9 Å². The Labute approximate surface area is 372 Å². The summed E-state index contributed by atoms with van der Waals surface area (Å²) in [5, 5.41) is 54.4. The van der Waals surface area contributed by atoms with Crippen LogP contribution >= 0.6 is 0 Å². The number of aliphatic hydroxyl groups excluding tert-OH is 5. The number of allylic oxidation sites excluding steroid dienone is 12. The fourth-order valence-corrected chi connectivity index (χ4v) is 7.42. The third-order valence-corrected chi connectivity index (χ3v) is 11.3. The van der Waals surface area contributed by atoms with Crippen LogP contribution in [0.1, 0.15) is 194 Å². The second-order valence-corrected chi connectivity index (χ2v) is 16.9. The lowest BCUT2D eigenvalue weighted by Crippen LogP contribution is -2.60. The largest absolute Gasteiger partial charge is 0.394 e. The lowest BCUT2D eigenvalue weighted by atomic mass is 9.99. The molecule has 0 aromatic carbocycles. The number of rotatable bonds is 40. The Bertz CT molecular complexity index is 1180. The van der Waals surface area contributed by atoms with Crippen LogP contribution in [0.4, 0.5) is 0 Å². The summed E-state index contributed by atoms with van der Waals surface area (Å²) in [5.41, 5.74) is 0. The Morgan fingerprint density at radius 1 is 0.574 bits per heavy atom. The van der Waals surface area contributed by atoms with Gasteiger partial charge in [-0.3, -0.25) is 4.79 Å². The van der Waals surface area contributed by atoms with Crippen LogP contribution < -0.4 is 5.32 Å². The molecule has 1 fully saturated rings. The van der Waals surface area contributed by atoms with Gasteiger partial charge in [-0.1, -0.05) is 209 Å². The standard InChI is InChI=1S/C52H91NO8/c1-3-5-7-9-11-13-15-17-19-21-23-25-27-29-31-33-35-37-39-41-46(55)45(44-60-52-51(59)50(58)49(57)47(43-54)61-52)53-48(56)42-40-38-36-34-32-30-28-26-24-22-20-18-16-14-12-10-8-6-4-2/h6,8,12,14,18,20,24,26,30,32,36,38,45-47,49-52,54-55,57-59H,3-5,7,9-11,13,15-17,19,21-23,25,27-29,31,33-35,37,39-44H2,1-2H3,(H,53,56)/b8-6-,14-12-,20-18-,26-24-,32-30-,38-36-. The number of carbonyl (C=O) groups is 1. The maximum Gasteiger partial charge on any atom is 0.220 e. The van der Waals surface area contributed by atoms with E-state index in [9.17, 15) is 30.3 Å². The van der Waals surface area contributed by atoms with Crippen molar-refractivity contribution in [1.82, 2.24) is 5.32 Å². The van der Waals surface area contributed by atoms with E-state index in [1.54, 1.807) is 0 Å². The van der Waals surface area contributed by atoms with Gasteiger partial charge in [-0.15, -0.1) is 0 Å². The first-order chi connectivity index (χ1) is 29.8. The van der Waals surface area contributed by atoms with E-state index in [0.717, 1.165) is 57.8 Å². The molecule has 0 spiro atoms. The number of ether oxygens (including phenoxy) is 2. The molecule has 1 saturated heterocycles. The maximum absolute atomic E-state index is 13.0. The zero-order chi connectivity index (χ0) is 44.4. The van der Waals surface area contributed by atoms with Crippen LogP contribution in [0, 0.1) is 0 Å². The molecule has 0 aromatic rings. The summed E-state index contributed by atoms with van der Waals surface area (Å²) >= 11 is 0. The van der Waals surface area contributed by atoms with Gasteiger partial charge in [0.05, 0.1) is 25.4 Å². The van der Waals surface area contributed by atoms with E-state index in [1.807, 2.05) is 12.2 Å². The van der Waals surface area contributed by atoms with Crippen molar-refractivity contribution >= 4 is 5.91 Å². The van der Waals surface area contributed by atoms with Crippen molar-refractivity contribution in [2.45, 2.75) is 236 Å². The molecule has 0 radical (unpaired) electrons. The van der Waals surface area contributed by atoms with Gasteiger partial charge in [0.1, 0.15) is 24.4 Å². The number of hydrogen-bond donors (Lipinski definition) is 6. The van der Waals surface area contributed by atoms with Crippen LogP contribution in [0.25, 0.3) is 0 Å². The molecule has 61 heavy (non-hydrogen) atoms. The fraction of sp³-hybridized carbons (Fsp3) is 0.750. The van der Waals surface area contributed by atoms with Crippen molar-refractivity contribution in [1.29, 1.82) is 0 Å². The highest BCUT2D eigenvalue weighted by atomic mass is 16.7. The molecule has 6 N–H and O–H groups in total. The van der Waals surface area contributed by atoms with Crippen molar-refractivity contribution in [3.63, 3.8) is 0 Å². The highest BCUT2D eigenvalue weighted by Crippen LogP contribution is 2.23. The summed E-state index contributed by atoms with van der Waals surface area (Å²) in [5.74, 6) is -0.228. The van der Waals surface area contributed by atoms with Crippen molar-refractivity contribution < 1.29 is 39.8 Å². The first-order valence-corrected chi connectivity index (χ1v) is 24.6. The number of amides is 1. The average molecular weight is 858 g/mol. The van der Waals surface area contributed by atoms with Gasteiger partial charge in [0.25, 0.3) is 0 Å². The smallest absolute Gasteiger partial charge is 0.220 e. The number of hydrogen-bond acceptors (Lipinski definition) is 8. The molecule has 0 saturated carbocycles. The quantitative estimate of drug-likeness (QED) is 0.0264. The lowest BCUT2D eigenvalue weighted by Gasteiger charge is -2.40. The Balaban J connectivity index is 2.36. The topological polar surface area (TPSA) is 149 Å². The van der Waals surface area contributed by atoms with Crippen molar-refractivity contribution in [2.75, 3.05) is 13.2 Å². The zero-order valence-electron chi connectivity index (χ0n) is 38.6. The molecule has 0 aromatic heterocycles. The molecule has 0 bridgehead atoms. The normalized spacial score (nSPS) is 21.1. The minimum atomic E-state index is -1.57. The molecule has 7 unspecified atom stereocenters. The zero-order valence-corrected chi connectivity index (χ0v) is 38.6. The summed E-state index contributed by atoms with van der Waals surface area (Å²) in [6, 6.07) is -0.763. The molecule has 352 valence electrons. The summed E-state index contributed by atoms with van der Waals surface area (Å²) in [7, 11) is 0. The predicted molar refractivity (Wildman–Crippen MR) is 253 cm³/mol. The molecule has 1 rings (SSSR count). The van der Waals surface area contributed by atoms with E-state index in [-0.39, 0.29) is 18.9 Å². The molecule has 1 heterocycles. The van der Waals surface area contributed by atoms with Crippen LogP contribution in [0.2, 0.25) is 0 Å². The van der Waals surface area contributed by atoms with Crippen LogP contribution in [0.15, 0.2) is 72.9 Å². The van der Waals surface area contributed by atoms with E-state index >= 15 is 0 Å². The molecule has 7 atom stereocenters. The Morgan fingerprint density at radius 3 is 1.41 bits per heavy atom. The molecule has 9 heteroatoms. The molecule has 1 amide bonds. The van der Waals surface area contributed by atoms with Crippen LogP contribution in [0.3, 0.4) is 0 Å². The third kappa shape index (κ3) is 32.0. The van der Waals surface area contributed by atoms with Crippen molar-refractivity contribution in [3.05, 3.63) is 72.9 Å². The van der Waals surface area contributed by atoms with E-state index in [1.165, 1.54) is 103 Å². The van der Waals surface area contributed by atoms with Gasteiger partial charge in [-0.05, 0) is 51.4 Å². The summed E-state index contributed by atoms with van der Waals surface area (Å²) in [4.78, 5) is 13.0. The van der Waals surface area contributed by atoms with Gasteiger partial charge >= 0.3 is 0 Å². The Hall–Kier alpha value is -2.37. The van der Waals surface area contributed by atoms with E-state index in [0.29, 0.717) is 12.8 Å². The first-order valence-electron chi connectivity index (χ1n) is 24.6. The molecule has 0 aliphatic carbocycles. The predicted octanol–water partition coefficient (Wildman–Crippen LogP) is 10.9. The number of nitrogens with one attached hydrogen (secondary N) is 1. The summed E-state index contributed by atoms with van der Waals surface area (Å²) in [6.07, 6.45) is 49.2. The fourth-order valence-electron chi connectivity index (χ4n) is 7.42. The third-order valence-electron chi connectivity index (χ3n) is 11.3. The maximum atomic E-state index is 13.0. The average Bonchev–Trinajstić information content (AvgIpc) is 3.26. The van der Waals surface area contributed by atoms with Crippen molar-refractivity contribution in [2.24, 2.45) is 0 Å². The Morgan fingerprint density at radius 2 is 0.984 bits per heavy atom. The van der Waals surface area contributed by atoms with Gasteiger partial charge in [0.2, 0.25) is 5.91 Å². The minimum Gasteiger partial charge on any atom is -0.394 e. The van der Waals surface area contributed by atoms with Gasteiger partial charge < -0.3 is 40.3 Å². The second-order valence-electron chi connectivity index (χ2n) is 16.9. The lowest BCUT2D eigenvalue weighted by molar-refractivity contribution is -0.302. The van der Waals surface area contributed by atoms with Gasteiger partial charge in [-0.2, -0.15) is 0 Å². The van der Waals surface area contributed by atoms with Crippen molar-refractivity contribution in [3.8, 4) is 0 Å². The summed E-state index contributed by atoms with van der Waals surface area (Å²) < 4.78 is 11.2. The van der Waals surface area contributed by atoms with E-state index < -0.39 is 49.5 Å². The molecule has 1 aliphatic rings. The minimum absolute atomic E-state index is 0.172. The monoisotopic (exact) mass is 858 g/mol. The molecule has 9 nitrogen and oxygen atoms in total. The molecule has 1 aliphatic heterocycles. The van der Waals surface area contributed by atoms with Gasteiger partial charge in [-0.25, -0.2) is 0 Å². The second kappa shape index (κ2) is 41.6. The van der Waals surface area contributed by atoms with Gasteiger partial charge in [0, 0.05) is 6.42 Å². The highest BCUT2D eigenvalue weighted by Gasteiger charge is 2.44.